The molecule has 0 saturated heterocycles. The molecule has 2 amide bonds. The van der Waals surface area contributed by atoms with E-state index >= 15 is 0 Å². The number of carbonyl (C=O) groups excluding carboxylic acids is 3. The molecule has 0 bridgehead atoms. The van der Waals surface area contributed by atoms with Gasteiger partial charge in [-0.2, -0.15) is 0 Å². The molecule has 0 unspecified atom stereocenters. The van der Waals surface area contributed by atoms with Gasteiger partial charge in [-0.25, -0.2) is 8.42 Å². The number of ether oxygens (including phenoxy) is 1. The fourth-order valence-electron chi connectivity index (χ4n) is 3.78. The third-order valence-electron chi connectivity index (χ3n) is 6.12. The van der Waals surface area contributed by atoms with Crippen LogP contribution in [0.2, 0.25) is 0 Å². The monoisotopic (exact) mass is 531 g/mol. The molecule has 0 spiro atoms. The molecule has 0 heterocycles. The van der Waals surface area contributed by atoms with Crippen molar-refractivity contribution in [2.75, 3.05) is 24.2 Å². The minimum atomic E-state index is -3.89. The van der Waals surface area contributed by atoms with Gasteiger partial charge in [0.15, 0.2) is 5.78 Å². The van der Waals surface area contributed by atoms with Crippen molar-refractivity contribution in [3.05, 3.63) is 59.7 Å². The van der Waals surface area contributed by atoms with Crippen LogP contribution in [0.4, 0.5) is 5.69 Å². The molecule has 2 aromatic carbocycles. The predicted molar refractivity (Wildman–Crippen MR) is 144 cm³/mol. The zero-order valence-corrected chi connectivity index (χ0v) is 23.2. The number of rotatable bonds is 13. The van der Waals surface area contributed by atoms with Gasteiger partial charge in [0.1, 0.15) is 18.3 Å². The lowest BCUT2D eigenvalue weighted by Crippen LogP contribution is -2.53. The van der Waals surface area contributed by atoms with E-state index in [9.17, 15) is 22.8 Å². The number of hydrogen-bond donors (Lipinski definition) is 1. The first-order valence-electron chi connectivity index (χ1n) is 12.2. The second-order valence-electron chi connectivity index (χ2n) is 8.99. The molecule has 9 nitrogen and oxygen atoms in total. The minimum absolute atomic E-state index is 0.0821. The topological polar surface area (TPSA) is 113 Å². The summed E-state index contributed by atoms with van der Waals surface area (Å²) < 4.78 is 31.6. The molecule has 1 N–H and O–H groups in total. The van der Waals surface area contributed by atoms with Crippen LogP contribution in [0.3, 0.4) is 0 Å². The molecule has 0 aliphatic carbocycles. The number of hydrogen-bond acceptors (Lipinski definition) is 6. The summed E-state index contributed by atoms with van der Waals surface area (Å²) in [5.74, 6) is -0.420. The van der Waals surface area contributed by atoms with E-state index in [1.807, 2.05) is 13.8 Å². The smallest absolute Gasteiger partial charge is 0.244 e. The van der Waals surface area contributed by atoms with E-state index in [1.165, 1.54) is 24.0 Å². The summed E-state index contributed by atoms with van der Waals surface area (Å²) in [5, 5.41) is 2.93. The van der Waals surface area contributed by atoms with Crippen molar-refractivity contribution >= 4 is 33.3 Å². The first-order valence-corrected chi connectivity index (χ1v) is 14.1. The number of benzene rings is 2. The van der Waals surface area contributed by atoms with Crippen molar-refractivity contribution in [3.8, 4) is 5.75 Å². The number of amides is 2. The first kappa shape index (κ1) is 29.8. The van der Waals surface area contributed by atoms with E-state index in [-0.39, 0.29) is 30.0 Å². The van der Waals surface area contributed by atoms with Crippen LogP contribution in [0.1, 0.15) is 56.5 Å². The van der Waals surface area contributed by atoms with E-state index in [4.69, 9.17) is 4.74 Å². The summed E-state index contributed by atoms with van der Waals surface area (Å²) in [6.45, 7) is 6.59. The van der Waals surface area contributed by atoms with Crippen molar-refractivity contribution in [2.45, 2.75) is 59.2 Å². The van der Waals surface area contributed by atoms with E-state index in [1.54, 1.807) is 50.4 Å². The fraction of sp³-hybridized carbons (Fsp3) is 0.444. The maximum atomic E-state index is 13.7. The number of nitrogens with zero attached hydrogens (tertiary/aromatic N) is 2. The van der Waals surface area contributed by atoms with Crippen molar-refractivity contribution < 1.29 is 27.5 Å². The number of sulfonamides is 1. The van der Waals surface area contributed by atoms with Crippen LogP contribution >= 0.6 is 0 Å². The lowest BCUT2D eigenvalue weighted by molar-refractivity contribution is -0.140. The maximum absolute atomic E-state index is 13.7. The molecule has 2 atom stereocenters. The normalized spacial score (nSPS) is 12.8. The molecule has 0 radical (unpaired) electrons. The van der Waals surface area contributed by atoms with Gasteiger partial charge in [0, 0.05) is 18.2 Å². The zero-order chi connectivity index (χ0) is 27.8. The zero-order valence-electron chi connectivity index (χ0n) is 22.4. The largest absolute Gasteiger partial charge is 0.497 e. The summed E-state index contributed by atoms with van der Waals surface area (Å²) >= 11 is 0. The Kier molecular flexibility index (Phi) is 10.7. The quantitative estimate of drug-likeness (QED) is 0.397. The van der Waals surface area contributed by atoms with Crippen LogP contribution < -0.4 is 14.4 Å². The Morgan fingerprint density at radius 3 is 2.19 bits per heavy atom. The Morgan fingerprint density at radius 1 is 1.03 bits per heavy atom. The van der Waals surface area contributed by atoms with E-state index < -0.39 is 28.5 Å². The van der Waals surface area contributed by atoms with Crippen LogP contribution in [0, 0.1) is 0 Å². The molecule has 2 rings (SSSR count). The van der Waals surface area contributed by atoms with Crippen molar-refractivity contribution in [1.82, 2.24) is 10.2 Å². The van der Waals surface area contributed by atoms with E-state index in [2.05, 4.69) is 5.32 Å². The average molecular weight is 532 g/mol. The standard InChI is InChI=1S/C27H37N3O6S/c1-7-19(3)28-27(33)25(8-2)29(17-21-12-14-24(36-5)15-13-21)26(32)18-30(37(6,34)35)23-11-9-10-22(16-23)20(4)31/h9-16,19,25H,7-8,17-18H2,1-6H3,(H,28,33)/t19-,25+/m0/s1. The van der Waals surface area contributed by atoms with Gasteiger partial charge in [-0.05, 0) is 56.5 Å². The second kappa shape index (κ2) is 13.2. The molecule has 0 aliphatic rings. The number of carbonyl (C=O) groups is 3. The summed E-state index contributed by atoms with van der Waals surface area (Å²) in [5.41, 5.74) is 1.28. The van der Waals surface area contributed by atoms with Crippen molar-refractivity contribution in [1.29, 1.82) is 0 Å². The Labute approximate surface area is 219 Å². The van der Waals surface area contributed by atoms with Gasteiger partial charge in [0.05, 0.1) is 19.1 Å². The molecular weight excluding hydrogens is 494 g/mol. The summed E-state index contributed by atoms with van der Waals surface area (Å²) in [6, 6.07) is 12.3. The van der Waals surface area contributed by atoms with Crippen molar-refractivity contribution in [3.63, 3.8) is 0 Å². The van der Waals surface area contributed by atoms with Gasteiger partial charge in [-0.1, -0.05) is 38.1 Å². The lowest BCUT2D eigenvalue weighted by Gasteiger charge is -2.33. The highest BCUT2D eigenvalue weighted by Gasteiger charge is 2.32. The Hall–Kier alpha value is -3.40. The lowest BCUT2D eigenvalue weighted by atomic mass is 10.1. The highest BCUT2D eigenvalue weighted by Crippen LogP contribution is 2.22. The van der Waals surface area contributed by atoms with Gasteiger partial charge in [-0.15, -0.1) is 0 Å². The fourth-order valence-corrected chi connectivity index (χ4v) is 4.62. The number of Topliss-reactive ketones (excluding diaryl/α,β-unsaturated/α-hetero) is 1. The first-order chi connectivity index (χ1) is 17.4. The number of ketones is 1. The Balaban J connectivity index is 2.47. The minimum Gasteiger partial charge on any atom is -0.497 e. The van der Waals surface area contributed by atoms with Crippen LogP contribution in [0.15, 0.2) is 48.5 Å². The molecule has 202 valence electrons. The molecule has 0 fully saturated rings. The van der Waals surface area contributed by atoms with Gasteiger partial charge >= 0.3 is 0 Å². The Morgan fingerprint density at radius 2 is 1.68 bits per heavy atom. The highest BCUT2D eigenvalue weighted by molar-refractivity contribution is 7.92. The second-order valence-corrected chi connectivity index (χ2v) is 10.9. The Bertz CT molecular complexity index is 1200. The molecule has 0 aromatic heterocycles. The summed E-state index contributed by atoms with van der Waals surface area (Å²) in [7, 11) is -2.34. The molecule has 2 aromatic rings. The molecular formula is C27H37N3O6S. The third kappa shape index (κ3) is 8.31. The number of nitrogens with one attached hydrogen (secondary N) is 1. The summed E-state index contributed by atoms with van der Waals surface area (Å²) in [6.07, 6.45) is 2.06. The van der Waals surface area contributed by atoms with Gasteiger partial charge < -0.3 is 15.0 Å². The van der Waals surface area contributed by atoms with Crippen LogP contribution in [0.5, 0.6) is 5.75 Å². The van der Waals surface area contributed by atoms with Gasteiger partial charge in [-0.3, -0.25) is 18.7 Å². The van der Waals surface area contributed by atoms with Gasteiger partial charge in [0.25, 0.3) is 0 Å². The molecule has 37 heavy (non-hydrogen) atoms. The maximum Gasteiger partial charge on any atom is 0.244 e. The number of methoxy groups -OCH3 is 1. The average Bonchev–Trinajstić information content (AvgIpc) is 2.86. The van der Waals surface area contributed by atoms with Crippen molar-refractivity contribution in [2.24, 2.45) is 0 Å². The summed E-state index contributed by atoms with van der Waals surface area (Å²) in [4.78, 5) is 40.2. The molecule has 0 aliphatic heterocycles. The third-order valence-corrected chi connectivity index (χ3v) is 7.26. The van der Waals surface area contributed by atoms with Crippen LogP contribution in [0.25, 0.3) is 0 Å². The highest BCUT2D eigenvalue weighted by atomic mass is 32.2. The number of anilines is 1. The SMILES string of the molecule is CC[C@H](C(=O)N[C@@H](C)CC)N(Cc1ccc(OC)cc1)C(=O)CN(c1cccc(C(C)=O)c1)S(C)(=O)=O. The van der Waals surface area contributed by atoms with Crippen LogP contribution in [-0.2, 0) is 26.2 Å². The van der Waals surface area contributed by atoms with Crippen LogP contribution in [-0.4, -0.2) is 62.9 Å². The van der Waals surface area contributed by atoms with E-state index in [0.717, 1.165) is 22.5 Å². The molecule has 0 saturated carbocycles. The van der Waals surface area contributed by atoms with E-state index in [0.29, 0.717) is 17.7 Å². The molecule has 10 heteroatoms. The van der Waals surface area contributed by atoms with Gasteiger partial charge in [0.2, 0.25) is 21.8 Å². The predicted octanol–water partition coefficient (Wildman–Crippen LogP) is 3.39.